The van der Waals surface area contributed by atoms with Crippen LogP contribution in [0.15, 0.2) is 23.2 Å². The van der Waals surface area contributed by atoms with Crippen molar-refractivity contribution in [3.05, 3.63) is 23.8 Å². The van der Waals surface area contributed by atoms with Gasteiger partial charge in [-0.2, -0.15) is 0 Å². The number of nitrogens with one attached hydrogen (secondary N) is 1. The summed E-state index contributed by atoms with van der Waals surface area (Å²) >= 11 is 0. The van der Waals surface area contributed by atoms with Gasteiger partial charge in [0.25, 0.3) is 0 Å². The highest BCUT2D eigenvalue weighted by Gasteiger charge is 2.45. The maximum atomic E-state index is 5.55. The Hall–Kier alpha value is -1.95. The molecule has 1 atom stereocenters. The molecule has 6 heteroatoms. The van der Waals surface area contributed by atoms with E-state index in [9.17, 15) is 0 Å². The van der Waals surface area contributed by atoms with Gasteiger partial charge in [-0.15, -0.1) is 0 Å². The second kappa shape index (κ2) is 7.35. The number of ether oxygens (including phenoxy) is 3. The summed E-state index contributed by atoms with van der Waals surface area (Å²) in [6.45, 7) is 7.07. The van der Waals surface area contributed by atoms with E-state index in [4.69, 9.17) is 19.2 Å². The second-order valence-electron chi connectivity index (χ2n) is 7.57. The fourth-order valence-electron chi connectivity index (χ4n) is 3.96. The van der Waals surface area contributed by atoms with E-state index in [0.717, 1.165) is 50.2 Å². The first-order valence-electron chi connectivity index (χ1n) is 9.66. The average molecular weight is 359 g/mol. The number of methoxy groups -OCH3 is 1. The lowest BCUT2D eigenvalue weighted by molar-refractivity contribution is 0.157. The van der Waals surface area contributed by atoms with Crippen molar-refractivity contribution in [2.24, 2.45) is 10.9 Å². The number of nitrogens with zero attached hydrogens (tertiary/aromatic N) is 2. The third kappa shape index (κ3) is 3.47. The quantitative estimate of drug-likeness (QED) is 0.624. The molecule has 6 nitrogen and oxygen atoms in total. The van der Waals surface area contributed by atoms with Gasteiger partial charge in [-0.05, 0) is 43.9 Å². The molecule has 1 unspecified atom stereocenters. The number of guanidine groups is 1. The molecule has 1 N–H and O–H groups in total. The average Bonchev–Trinajstić information content (AvgIpc) is 3.06. The van der Waals surface area contributed by atoms with Crippen molar-refractivity contribution in [2.45, 2.75) is 31.6 Å². The van der Waals surface area contributed by atoms with Crippen LogP contribution in [0.2, 0.25) is 0 Å². The lowest BCUT2D eigenvalue weighted by Crippen LogP contribution is -2.40. The highest BCUT2D eigenvalue weighted by molar-refractivity contribution is 5.80. The number of fused-ring (bicyclic) bond motifs is 1. The predicted molar refractivity (Wildman–Crippen MR) is 101 cm³/mol. The van der Waals surface area contributed by atoms with Crippen LogP contribution in [0.25, 0.3) is 0 Å². The lowest BCUT2D eigenvalue weighted by Gasteiger charge is -2.23. The van der Waals surface area contributed by atoms with Crippen LogP contribution in [0.4, 0.5) is 0 Å². The van der Waals surface area contributed by atoms with E-state index >= 15 is 0 Å². The minimum Gasteiger partial charge on any atom is -0.454 e. The molecule has 0 bridgehead atoms. The first-order valence-corrected chi connectivity index (χ1v) is 9.66. The number of hydrogen-bond donors (Lipinski definition) is 1. The second-order valence-corrected chi connectivity index (χ2v) is 7.57. The molecule has 1 saturated heterocycles. The van der Waals surface area contributed by atoms with Crippen LogP contribution in [-0.2, 0) is 10.2 Å². The third-order valence-electron chi connectivity index (χ3n) is 5.69. The van der Waals surface area contributed by atoms with Gasteiger partial charge in [-0.3, -0.25) is 4.99 Å². The van der Waals surface area contributed by atoms with Gasteiger partial charge in [0.15, 0.2) is 17.5 Å². The van der Waals surface area contributed by atoms with Gasteiger partial charge in [0.05, 0.1) is 13.2 Å². The minimum absolute atomic E-state index is 0.160. The summed E-state index contributed by atoms with van der Waals surface area (Å²) in [6.07, 6.45) is 3.54. The number of likely N-dealkylation sites (tertiary alicyclic amines) is 1. The Morgan fingerprint density at radius 1 is 1.35 bits per heavy atom. The van der Waals surface area contributed by atoms with Crippen molar-refractivity contribution >= 4 is 5.96 Å². The summed E-state index contributed by atoms with van der Waals surface area (Å²) in [5.41, 5.74) is 1.48. The number of benzene rings is 1. The van der Waals surface area contributed by atoms with Gasteiger partial charge in [0, 0.05) is 38.1 Å². The Kier molecular flexibility index (Phi) is 4.94. The molecule has 0 spiro atoms. The van der Waals surface area contributed by atoms with E-state index < -0.39 is 0 Å². The molecule has 0 radical (unpaired) electrons. The van der Waals surface area contributed by atoms with Crippen molar-refractivity contribution in [1.29, 1.82) is 0 Å². The lowest BCUT2D eigenvalue weighted by atomic mass is 9.96. The summed E-state index contributed by atoms with van der Waals surface area (Å²) in [6, 6.07) is 6.35. The zero-order chi connectivity index (χ0) is 18.0. The molecule has 1 saturated carbocycles. The van der Waals surface area contributed by atoms with E-state index in [1.807, 2.05) is 6.07 Å². The topological polar surface area (TPSA) is 55.3 Å². The molecule has 26 heavy (non-hydrogen) atoms. The molecule has 142 valence electrons. The molecule has 2 aliphatic heterocycles. The van der Waals surface area contributed by atoms with Gasteiger partial charge in [-0.1, -0.05) is 6.07 Å². The SMILES string of the molecule is CCNC(=NCC1(c2ccc3c(c2)OCO3)CC1)N1CCC(COC)C1. The van der Waals surface area contributed by atoms with E-state index in [0.29, 0.717) is 12.7 Å². The summed E-state index contributed by atoms with van der Waals surface area (Å²) in [4.78, 5) is 7.39. The third-order valence-corrected chi connectivity index (χ3v) is 5.69. The molecular weight excluding hydrogens is 330 g/mol. The number of aliphatic imine (C=N–C) groups is 1. The predicted octanol–water partition coefficient (Wildman–Crippen LogP) is 2.38. The number of rotatable bonds is 6. The van der Waals surface area contributed by atoms with Gasteiger partial charge in [-0.25, -0.2) is 0 Å². The zero-order valence-corrected chi connectivity index (χ0v) is 15.8. The van der Waals surface area contributed by atoms with Crippen molar-refractivity contribution in [3.63, 3.8) is 0 Å². The van der Waals surface area contributed by atoms with Crippen LogP contribution in [0.1, 0.15) is 31.7 Å². The summed E-state index contributed by atoms with van der Waals surface area (Å²) in [5, 5.41) is 3.47. The summed E-state index contributed by atoms with van der Waals surface area (Å²) in [5.74, 6) is 3.36. The van der Waals surface area contributed by atoms with Gasteiger partial charge in [0.2, 0.25) is 6.79 Å². The molecule has 0 aromatic heterocycles. The van der Waals surface area contributed by atoms with Crippen LogP contribution in [-0.4, -0.2) is 57.5 Å². The number of hydrogen-bond acceptors (Lipinski definition) is 4. The Bertz CT molecular complexity index is 672. The minimum atomic E-state index is 0.160. The van der Waals surface area contributed by atoms with Gasteiger partial charge >= 0.3 is 0 Å². The maximum Gasteiger partial charge on any atom is 0.231 e. The molecule has 2 heterocycles. The van der Waals surface area contributed by atoms with Crippen molar-refractivity contribution in [1.82, 2.24) is 10.2 Å². The van der Waals surface area contributed by atoms with E-state index in [1.165, 1.54) is 24.8 Å². The normalized spacial score (nSPS) is 23.4. The monoisotopic (exact) mass is 359 g/mol. The van der Waals surface area contributed by atoms with Crippen molar-refractivity contribution < 1.29 is 14.2 Å². The van der Waals surface area contributed by atoms with Crippen LogP contribution in [0.5, 0.6) is 11.5 Å². The molecular formula is C20H29N3O3. The fourth-order valence-corrected chi connectivity index (χ4v) is 3.96. The molecule has 0 amide bonds. The van der Waals surface area contributed by atoms with E-state index in [2.05, 4.69) is 29.3 Å². The standard InChI is InChI=1S/C20H29N3O3/c1-3-21-19(23-9-6-15(11-23)12-24-2)22-13-20(7-8-20)16-4-5-17-18(10-16)26-14-25-17/h4-5,10,15H,3,6-9,11-14H2,1-2H3,(H,21,22). The van der Waals surface area contributed by atoms with Crippen molar-refractivity contribution in [3.8, 4) is 11.5 Å². The Morgan fingerprint density at radius 3 is 2.96 bits per heavy atom. The molecule has 3 aliphatic rings. The zero-order valence-electron chi connectivity index (χ0n) is 15.8. The van der Waals surface area contributed by atoms with Crippen LogP contribution in [0.3, 0.4) is 0 Å². The van der Waals surface area contributed by atoms with Gasteiger partial charge in [0.1, 0.15) is 0 Å². The van der Waals surface area contributed by atoms with Crippen LogP contribution in [0, 0.1) is 5.92 Å². The molecule has 1 aromatic carbocycles. The Labute approximate surface area is 155 Å². The van der Waals surface area contributed by atoms with Gasteiger partial charge < -0.3 is 24.4 Å². The molecule has 1 aromatic rings. The first kappa shape index (κ1) is 17.5. The largest absolute Gasteiger partial charge is 0.454 e. The Morgan fingerprint density at radius 2 is 2.19 bits per heavy atom. The molecule has 2 fully saturated rings. The van der Waals surface area contributed by atoms with E-state index in [-0.39, 0.29) is 5.41 Å². The fraction of sp³-hybridized carbons (Fsp3) is 0.650. The smallest absolute Gasteiger partial charge is 0.231 e. The van der Waals surface area contributed by atoms with Crippen molar-refractivity contribution in [2.75, 3.05) is 46.7 Å². The highest BCUT2D eigenvalue weighted by Crippen LogP contribution is 2.50. The Balaban J connectivity index is 1.46. The highest BCUT2D eigenvalue weighted by atomic mass is 16.7. The van der Waals surface area contributed by atoms with E-state index in [1.54, 1.807) is 7.11 Å². The first-order chi connectivity index (χ1) is 12.7. The maximum absolute atomic E-state index is 5.55. The summed E-state index contributed by atoms with van der Waals surface area (Å²) in [7, 11) is 1.78. The summed E-state index contributed by atoms with van der Waals surface area (Å²) < 4.78 is 16.3. The molecule has 4 rings (SSSR count). The van der Waals surface area contributed by atoms with Crippen LogP contribution >= 0.6 is 0 Å². The van der Waals surface area contributed by atoms with Crippen LogP contribution < -0.4 is 14.8 Å². The molecule has 1 aliphatic carbocycles.